The van der Waals surface area contributed by atoms with E-state index in [1.807, 2.05) is 43.3 Å². The maximum Gasteiger partial charge on any atom is 0.302 e. The third kappa shape index (κ3) is 4.34. The Morgan fingerprint density at radius 1 is 1.21 bits per heavy atom. The zero-order chi connectivity index (χ0) is 20.3. The van der Waals surface area contributed by atoms with E-state index in [-0.39, 0.29) is 28.2 Å². The van der Waals surface area contributed by atoms with Gasteiger partial charge in [0, 0.05) is 18.0 Å². The van der Waals surface area contributed by atoms with E-state index in [1.54, 1.807) is 0 Å². The highest BCUT2D eigenvalue weighted by Gasteiger charge is 2.25. The van der Waals surface area contributed by atoms with Gasteiger partial charge in [0.1, 0.15) is 9.04 Å². The van der Waals surface area contributed by atoms with Gasteiger partial charge in [-0.1, -0.05) is 30.3 Å². The molecule has 0 aliphatic heterocycles. The molecular weight excluding hydrogens is 396 g/mol. The first-order valence-corrected chi connectivity index (χ1v) is 11.4. The van der Waals surface area contributed by atoms with Crippen molar-refractivity contribution in [2.75, 3.05) is 18.1 Å². The van der Waals surface area contributed by atoms with Gasteiger partial charge in [0.05, 0.1) is 18.0 Å². The molecular formula is C20H22N2O4S2. The van der Waals surface area contributed by atoms with Gasteiger partial charge >= 0.3 is 5.97 Å². The Hall–Kier alpha value is -2.45. The van der Waals surface area contributed by atoms with Gasteiger partial charge in [-0.05, 0) is 37.0 Å². The van der Waals surface area contributed by atoms with Crippen LogP contribution in [-0.4, -0.2) is 31.7 Å². The van der Waals surface area contributed by atoms with Crippen LogP contribution in [0.2, 0.25) is 0 Å². The molecule has 0 aliphatic rings. The Kier molecular flexibility index (Phi) is 6.00. The third-order valence-corrected chi connectivity index (χ3v) is 7.79. The van der Waals surface area contributed by atoms with E-state index in [9.17, 15) is 13.2 Å². The second-order valence-corrected chi connectivity index (χ2v) is 9.83. The number of nitrogens with zero attached hydrogens (tertiary/aromatic N) is 1. The van der Waals surface area contributed by atoms with E-state index in [4.69, 9.17) is 10.5 Å². The third-order valence-electron chi connectivity index (χ3n) is 4.27. The monoisotopic (exact) mass is 418 g/mol. The lowest BCUT2D eigenvalue weighted by Crippen LogP contribution is -2.09. The molecule has 0 bridgehead atoms. The highest BCUT2D eigenvalue weighted by Crippen LogP contribution is 2.42. The molecule has 0 aliphatic carbocycles. The Balaban J connectivity index is 1.95. The van der Waals surface area contributed by atoms with Crippen molar-refractivity contribution in [3.8, 4) is 11.1 Å². The number of carbonyl (C=O) groups excluding carboxylic acids is 1. The lowest BCUT2D eigenvalue weighted by molar-refractivity contribution is -0.141. The van der Waals surface area contributed by atoms with Crippen LogP contribution < -0.4 is 5.73 Å². The molecule has 0 radical (unpaired) electrons. The van der Waals surface area contributed by atoms with Crippen molar-refractivity contribution in [1.82, 2.24) is 4.98 Å². The number of sulfone groups is 1. The topological polar surface area (TPSA) is 99.4 Å². The summed E-state index contributed by atoms with van der Waals surface area (Å²) in [6.45, 7) is 3.42. The van der Waals surface area contributed by atoms with Crippen LogP contribution in [-0.2, 0) is 19.4 Å². The number of hydrogen-bond acceptors (Lipinski definition) is 7. The number of unbranched alkanes of at least 4 members (excludes halogenated alkanes) is 1. The molecule has 0 amide bonds. The van der Waals surface area contributed by atoms with E-state index in [0.717, 1.165) is 28.2 Å². The Morgan fingerprint density at radius 3 is 2.61 bits per heavy atom. The van der Waals surface area contributed by atoms with Gasteiger partial charge in [0.15, 0.2) is 9.84 Å². The first-order chi connectivity index (χ1) is 13.3. The lowest BCUT2D eigenvalue weighted by atomic mass is 10.0. The number of hydrogen-bond donors (Lipinski definition) is 1. The standard InChI is InChI=1S/C20H22N2O4S2/c1-13-12-16(15-8-4-3-5-9-15)17-18(21)20(27-19(17)22-13)28(24,25)11-7-6-10-26-14(2)23/h3-5,8-9,12H,6-7,10-11,21H2,1-2H3. The van der Waals surface area contributed by atoms with E-state index >= 15 is 0 Å². The van der Waals surface area contributed by atoms with Gasteiger partial charge in [-0.15, -0.1) is 11.3 Å². The fourth-order valence-electron chi connectivity index (χ4n) is 3.00. The number of carbonyl (C=O) groups is 1. The van der Waals surface area contributed by atoms with Gasteiger partial charge in [0.25, 0.3) is 0 Å². The largest absolute Gasteiger partial charge is 0.466 e. The van der Waals surface area contributed by atoms with E-state index in [0.29, 0.717) is 23.1 Å². The summed E-state index contributed by atoms with van der Waals surface area (Å²) in [7, 11) is -3.55. The molecule has 0 saturated carbocycles. The number of fused-ring (bicyclic) bond motifs is 1. The van der Waals surface area contributed by atoms with Crippen molar-refractivity contribution in [2.24, 2.45) is 0 Å². The molecule has 6 nitrogen and oxygen atoms in total. The minimum absolute atomic E-state index is 0.0507. The Bertz CT molecular complexity index is 1110. The first-order valence-electron chi connectivity index (χ1n) is 8.91. The predicted octanol–water partition coefficient (Wildman–Crippen LogP) is 3.97. The first kappa shape index (κ1) is 20.3. The zero-order valence-electron chi connectivity index (χ0n) is 15.8. The van der Waals surface area contributed by atoms with Crippen LogP contribution in [0.25, 0.3) is 21.3 Å². The summed E-state index contributed by atoms with van der Waals surface area (Å²) in [6, 6.07) is 11.7. The van der Waals surface area contributed by atoms with Gasteiger partial charge < -0.3 is 10.5 Å². The average molecular weight is 419 g/mol. The number of ether oxygens (including phenoxy) is 1. The molecule has 0 saturated heterocycles. The number of nitrogens with two attached hydrogens (primary N) is 1. The second kappa shape index (κ2) is 8.28. The molecule has 2 aromatic heterocycles. The summed E-state index contributed by atoms with van der Waals surface area (Å²) in [5, 5.41) is 0.681. The lowest BCUT2D eigenvalue weighted by Gasteiger charge is -2.07. The predicted molar refractivity (Wildman–Crippen MR) is 112 cm³/mol. The van der Waals surface area contributed by atoms with Crippen LogP contribution in [0.1, 0.15) is 25.5 Å². The van der Waals surface area contributed by atoms with Crippen LogP contribution >= 0.6 is 11.3 Å². The fourth-order valence-corrected chi connectivity index (χ4v) is 6.10. The minimum Gasteiger partial charge on any atom is -0.466 e. The van der Waals surface area contributed by atoms with E-state index in [1.165, 1.54) is 6.92 Å². The quantitative estimate of drug-likeness (QED) is 0.460. The van der Waals surface area contributed by atoms with E-state index in [2.05, 4.69) is 4.98 Å². The molecule has 3 rings (SSSR count). The summed E-state index contributed by atoms with van der Waals surface area (Å²) in [6.07, 6.45) is 0.873. The number of anilines is 1. The summed E-state index contributed by atoms with van der Waals surface area (Å²) in [4.78, 5) is 15.9. The number of esters is 1. The molecule has 0 fully saturated rings. The highest BCUT2D eigenvalue weighted by molar-refractivity contribution is 7.93. The smallest absolute Gasteiger partial charge is 0.302 e. The number of rotatable bonds is 7. The normalized spacial score (nSPS) is 11.6. The summed E-state index contributed by atoms with van der Waals surface area (Å²) in [5.41, 5.74) is 9.21. The molecule has 28 heavy (non-hydrogen) atoms. The number of thiophene rings is 1. The fraction of sp³-hybridized carbons (Fsp3) is 0.300. The molecule has 0 unspecified atom stereocenters. The number of aromatic nitrogens is 1. The van der Waals surface area contributed by atoms with Crippen LogP contribution in [0.3, 0.4) is 0 Å². The maximum atomic E-state index is 12.8. The number of aryl methyl sites for hydroxylation is 1. The van der Waals surface area contributed by atoms with Crippen LogP contribution in [0.4, 0.5) is 5.69 Å². The summed E-state index contributed by atoms with van der Waals surface area (Å²) in [5.74, 6) is -0.420. The van der Waals surface area contributed by atoms with Crippen LogP contribution in [0, 0.1) is 6.92 Å². The molecule has 0 spiro atoms. The highest BCUT2D eigenvalue weighted by atomic mass is 32.2. The van der Waals surface area contributed by atoms with Crippen molar-refractivity contribution < 1.29 is 17.9 Å². The number of benzene rings is 1. The zero-order valence-corrected chi connectivity index (χ0v) is 17.4. The Morgan fingerprint density at radius 2 is 1.93 bits per heavy atom. The molecule has 1 aromatic carbocycles. The van der Waals surface area contributed by atoms with E-state index < -0.39 is 9.84 Å². The van der Waals surface area contributed by atoms with Crippen molar-refractivity contribution >= 4 is 43.0 Å². The second-order valence-electron chi connectivity index (χ2n) is 6.53. The average Bonchev–Trinajstić information content (AvgIpc) is 2.98. The van der Waals surface area contributed by atoms with Crippen LogP contribution in [0.5, 0.6) is 0 Å². The number of nitrogen functional groups attached to an aromatic ring is 1. The van der Waals surface area contributed by atoms with Crippen molar-refractivity contribution in [1.29, 1.82) is 0 Å². The SMILES string of the molecule is CC(=O)OCCCCS(=O)(=O)c1sc2nc(C)cc(-c3ccccc3)c2c1N. The molecule has 3 aromatic rings. The van der Waals surface area contributed by atoms with Crippen molar-refractivity contribution in [2.45, 2.75) is 30.9 Å². The van der Waals surface area contributed by atoms with Crippen molar-refractivity contribution in [3.05, 3.63) is 42.1 Å². The van der Waals surface area contributed by atoms with Crippen molar-refractivity contribution in [3.63, 3.8) is 0 Å². The molecule has 2 N–H and O–H groups in total. The number of pyridine rings is 1. The van der Waals surface area contributed by atoms with Gasteiger partial charge in [0.2, 0.25) is 0 Å². The van der Waals surface area contributed by atoms with Gasteiger partial charge in [-0.25, -0.2) is 13.4 Å². The minimum atomic E-state index is -3.55. The molecule has 0 atom stereocenters. The summed E-state index contributed by atoms with van der Waals surface area (Å²) >= 11 is 1.11. The van der Waals surface area contributed by atoms with Gasteiger partial charge in [-0.3, -0.25) is 4.79 Å². The van der Waals surface area contributed by atoms with Gasteiger partial charge in [-0.2, -0.15) is 0 Å². The summed E-state index contributed by atoms with van der Waals surface area (Å²) < 4.78 is 30.7. The Labute approximate surface area is 168 Å². The molecule has 2 heterocycles. The molecule has 148 valence electrons. The maximum absolute atomic E-state index is 12.8. The van der Waals surface area contributed by atoms with Crippen LogP contribution in [0.15, 0.2) is 40.6 Å². The molecule has 8 heteroatoms.